The topological polar surface area (TPSA) is 6.48 Å². The molecule has 4 fully saturated rings. The van der Waals surface area contributed by atoms with Gasteiger partial charge >= 0.3 is 0 Å². The average Bonchev–Trinajstić information content (AvgIpc) is 2.94. The van der Waals surface area contributed by atoms with Crippen molar-refractivity contribution in [3.05, 3.63) is 0 Å². The number of fused-ring (bicyclic) bond motifs is 4. The summed E-state index contributed by atoms with van der Waals surface area (Å²) in [5.41, 5.74) is 0. The van der Waals surface area contributed by atoms with Crippen molar-refractivity contribution < 1.29 is 0 Å². The van der Waals surface area contributed by atoms with Crippen LogP contribution in [-0.2, 0) is 0 Å². The third-order valence-electron chi connectivity index (χ3n) is 9.77. The Kier molecular flexibility index (Phi) is 7.01. The molecule has 6 atom stereocenters. The minimum atomic E-state index is 0.744. The molecule has 0 spiro atoms. The Morgan fingerprint density at radius 3 is 1.24 bits per heavy atom. The molecule has 0 aromatic carbocycles. The molecule has 4 aliphatic heterocycles. The van der Waals surface area contributed by atoms with Crippen molar-refractivity contribution in [1.82, 2.24) is 9.80 Å². The number of hydrogen-bond donors (Lipinski definition) is 0. The lowest BCUT2D eigenvalue weighted by Gasteiger charge is -2.52. The van der Waals surface area contributed by atoms with Gasteiger partial charge in [-0.2, -0.15) is 0 Å². The maximum Gasteiger partial charge on any atom is 0.0104 e. The molecule has 29 heavy (non-hydrogen) atoms. The monoisotopic (exact) mass is 402 g/mol. The van der Waals surface area contributed by atoms with Crippen LogP contribution in [0, 0.1) is 23.7 Å². The molecule has 4 rings (SSSR count). The van der Waals surface area contributed by atoms with E-state index >= 15 is 0 Å². The minimum Gasteiger partial charge on any atom is -0.295 e. The molecule has 4 bridgehead atoms. The van der Waals surface area contributed by atoms with Crippen LogP contribution in [0.4, 0.5) is 0 Å². The van der Waals surface area contributed by atoms with Crippen molar-refractivity contribution in [2.45, 2.75) is 148 Å². The maximum atomic E-state index is 2.90. The molecule has 4 heterocycles. The first-order valence-electron chi connectivity index (χ1n) is 13.4. The van der Waals surface area contributed by atoms with E-state index in [1.165, 1.54) is 70.6 Å². The highest BCUT2D eigenvalue weighted by molar-refractivity contribution is 4.98. The van der Waals surface area contributed by atoms with Gasteiger partial charge in [0.1, 0.15) is 0 Å². The van der Waals surface area contributed by atoms with Gasteiger partial charge in [0.25, 0.3) is 0 Å². The zero-order valence-corrected chi connectivity index (χ0v) is 20.4. The maximum absolute atomic E-state index is 2.90. The largest absolute Gasteiger partial charge is 0.295 e. The Morgan fingerprint density at radius 1 is 0.552 bits per heavy atom. The van der Waals surface area contributed by atoms with Gasteiger partial charge in [0.2, 0.25) is 0 Å². The molecule has 0 aromatic heterocycles. The molecule has 0 saturated carbocycles. The van der Waals surface area contributed by atoms with E-state index in [0.29, 0.717) is 0 Å². The summed E-state index contributed by atoms with van der Waals surface area (Å²) in [6.45, 7) is 14.9. The highest BCUT2D eigenvalue weighted by Gasteiger charge is 2.43. The molecule has 4 saturated heterocycles. The normalized spacial score (nSPS) is 40.6. The molecule has 0 aromatic rings. The third-order valence-corrected chi connectivity index (χ3v) is 9.77. The molecule has 0 amide bonds. The van der Waals surface area contributed by atoms with Crippen LogP contribution in [0.15, 0.2) is 0 Å². The van der Waals surface area contributed by atoms with Gasteiger partial charge in [-0.15, -0.1) is 0 Å². The average molecular weight is 403 g/mol. The molecular weight excluding hydrogens is 352 g/mol. The zero-order valence-electron chi connectivity index (χ0n) is 20.4. The van der Waals surface area contributed by atoms with Gasteiger partial charge in [-0.05, 0) is 103 Å². The van der Waals surface area contributed by atoms with Crippen LogP contribution in [0.1, 0.15) is 112 Å². The van der Waals surface area contributed by atoms with Crippen molar-refractivity contribution in [2.75, 3.05) is 0 Å². The molecule has 2 nitrogen and oxygen atoms in total. The van der Waals surface area contributed by atoms with Crippen LogP contribution in [0.25, 0.3) is 0 Å². The summed E-state index contributed by atoms with van der Waals surface area (Å²) >= 11 is 0. The fourth-order valence-electron chi connectivity index (χ4n) is 8.33. The Bertz CT molecular complexity index is 501. The van der Waals surface area contributed by atoms with Crippen molar-refractivity contribution in [2.24, 2.45) is 23.7 Å². The number of piperidine rings is 3. The number of nitrogens with zero attached hydrogens (tertiary/aromatic N) is 2. The van der Waals surface area contributed by atoms with Crippen LogP contribution in [0.3, 0.4) is 0 Å². The van der Waals surface area contributed by atoms with Gasteiger partial charge in [-0.1, -0.05) is 33.1 Å². The summed E-state index contributed by atoms with van der Waals surface area (Å²) in [5.74, 6) is 3.86. The first-order chi connectivity index (χ1) is 13.8. The number of hydrogen-bond acceptors (Lipinski definition) is 2. The first-order valence-corrected chi connectivity index (χ1v) is 13.4. The predicted octanol–water partition coefficient (Wildman–Crippen LogP) is 6.73. The lowest BCUT2D eigenvalue weighted by molar-refractivity contribution is -0.0230. The number of rotatable bonds is 7. The molecule has 2 heteroatoms. The predicted molar refractivity (Wildman–Crippen MR) is 125 cm³/mol. The zero-order chi connectivity index (χ0) is 20.7. The Morgan fingerprint density at radius 2 is 0.897 bits per heavy atom. The highest BCUT2D eigenvalue weighted by Crippen LogP contribution is 2.45. The fraction of sp³-hybridized carbons (Fsp3) is 1.00. The van der Waals surface area contributed by atoms with Gasteiger partial charge in [0, 0.05) is 36.3 Å². The van der Waals surface area contributed by atoms with Crippen molar-refractivity contribution in [3.8, 4) is 0 Å². The summed E-state index contributed by atoms with van der Waals surface area (Å²) in [6, 6.07) is 5.08. The molecule has 0 radical (unpaired) electrons. The van der Waals surface area contributed by atoms with Crippen molar-refractivity contribution >= 4 is 0 Å². The second-order valence-electron chi connectivity index (χ2n) is 12.2. The van der Waals surface area contributed by atoms with Gasteiger partial charge in [0.05, 0.1) is 0 Å². The fourth-order valence-corrected chi connectivity index (χ4v) is 8.33. The van der Waals surface area contributed by atoms with Gasteiger partial charge in [-0.25, -0.2) is 0 Å². The van der Waals surface area contributed by atoms with Crippen LogP contribution in [0.5, 0.6) is 0 Å². The lowest BCUT2D eigenvalue weighted by atomic mass is 9.71. The molecule has 4 aliphatic rings. The SMILES string of the molecule is CC(CCC(C)C1CC2CCC(C1)N2C(C)C)C1CC2CCCC(C1)N2C(C)C. The molecule has 6 unspecified atom stereocenters. The van der Waals surface area contributed by atoms with E-state index < -0.39 is 0 Å². The van der Waals surface area contributed by atoms with Crippen molar-refractivity contribution in [1.29, 1.82) is 0 Å². The van der Waals surface area contributed by atoms with E-state index in [1.807, 2.05) is 0 Å². The van der Waals surface area contributed by atoms with E-state index in [4.69, 9.17) is 0 Å². The van der Waals surface area contributed by atoms with Gasteiger partial charge in [0.15, 0.2) is 0 Å². The standard InChI is InChI=1S/C27H50N2/c1-18(2)28-24-8-7-9-25(28)15-22(14-24)20(5)10-11-21(6)23-16-26-12-13-27(17-23)29(26)19(3)4/h18-27H,7-17H2,1-6H3. The molecule has 0 aliphatic carbocycles. The summed E-state index contributed by atoms with van der Waals surface area (Å²) < 4.78 is 0. The Balaban J connectivity index is 1.26. The lowest BCUT2D eigenvalue weighted by Crippen LogP contribution is -2.55. The Hall–Kier alpha value is -0.0800. The summed E-state index contributed by atoms with van der Waals surface area (Å²) in [7, 11) is 0. The second kappa shape index (κ2) is 9.19. The van der Waals surface area contributed by atoms with Crippen LogP contribution in [-0.4, -0.2) is 46.1 Å². The molecular formula is C27H50N2. The van der Waals surface area contributed by atoms with Crippen LogP contribution < -0.4 is 0 Å². The van der Waals surface area contributed by atoms with E-state index in [1.54, 1.807) is 0 Å². The highest BCUT2D eigenvalue weighted by atomic mass is 15.2. The third kappa shape index (κ3) is 4.59. The summed E-state index contributed by atoms with van der Waals surface area (Å²) in [4.78, 5) is 5.76. The summed E-state index contributed by atoms with van der Waals surface area (Å²) in [5, 5.41) is 0. The van der Waals surface area contributed by atoms with E-state index in [0.717, 1.165) is 59.9 Å². The Labute approximate surface area is 182 Å². The second-order valence-corrected chi connectivity index (χ2v) is 12.2. The van der Waals surface area contributed by atoms with Crippen LogP contribution >= 0.6 is 0 Å². The molecule has 168 valence electrons. The first kappa shape index (κ1) is 22.1. The molecule has 0 N–H and O–H groups in total. The minimum absolute atomic E-state index is 0.744. The van der Waals surface area contributed by atoms with E-state index in [9.17, 15) is 0 Å². The van der Waals surface area contributed by atoms with Crippen molar-refractivity contribution in [3.63, 3.8) is 0 Å². The van der Waals surface area contributed by atoms with E-state index in [2.05, 4.69) is 51.3 Å². The quantitative estimate of drug-likeness (QED) is 0.465. The van der Waals surface area contributed by atoms with Gasteiger partial charge in [-0.3, -0.25) is 9.80 Å². The van der Waals surface area contributed by atoms with Gasteiger partial charge < -0.3 is 0 Å². The van der Waals surface area contributed by atoms with E-state index in [-0.39, 0.29) is 0 Å². The smallest absolute Gasteiger partial charge is 0.0104 e. The van der Waals surface area contributed by atoms with Crippen LogP contribution in [0.2, 0.25) is 0 Å². The summed E-state index contributed by atoms with van der Waals surface area (Å²) in [6.07, 6.45) is 16.3.